The zero-order valence-corrected chi connectivity index (χ0v) is 11.4. The average molecular weight is 298 g/mol. The average Bonchev–Trinajstić information content (AvgIpc) is 2.72. The highest BCUT2D eigenvalue weighted by atomic mass is 19.4. The van der Waals surface area contributed by atoms with Crippen molar-refractivity contribution in [3.63, 3.8) is 0 Å². The molecule has 2 aromatic heterocycles. The smallest absolute Gasteiger partial charge is 0.339 e. The van der Waals surface area contributed by atoms with Gasteiger partial charge in [-0.25, -0.2) is 15.0 Å². The van der Waals surface area contributed by atoms with Gasteiger partial charge >= 0.3 is 6.18 Å². The summed E-state index contributed by atoms with van der Waals surface area (Å²) in [6, 6.07) is 0.944. The molecule has 1 fully saturated rings. The van der Waals surface area contributed by atoms with E-state index in [1.54, 1.807) is 11.8 Å². The molecule has 0 atom stereocenters. The predicted molar refractivity (Wildman–Crippen MR) is 67.8 cm³/mol. The van der Waals surface area contributed by atoms with Crippen LogP contribution in [0.15, 0.2) is 6.07 Å². The van der Waals surface area contributed by atoms with Gasteiger partial charge in [0.25, 0.3) is 0 Å². The Balaban J connectivity index is 1.76. The number of nitrogens with zero attached hydrogens (tertiary/aromatic N) is 5. The van der Waals surface area contributed by atoms with Gasteiger partial charge in [0.1, 0.15) is 11.5 Å². The van der Waals surface area contributed by atoms with Gasteiger partial charge in [0.05, 0.1) is 5.92 Å². The van der Waals surface area contributed by atoms with E-state index in [9.17, 15) is 13.2 Å². The van der Waals surface area contributed by atoms with Gasteiger partial charge in [0.2, 0.25) is 5.95 Å². The van der Waals surface area contributed by atoms with E-state index in [1.165, 1.54) is 6.92 Å². The third-order valence-corrected chi connectivity index (χ3v) is 3.28. The molecule has 0 radical (unpaired) electrons. The van der Waals surface area contributed by atoms with E-state index in [0.29, 0.717) is 24.6 Å². The monoisotopic (exact) mass is 298 g/mol. The number of halogens is 3. The highest BCUT2D eigenvalue weighted by Gasteiger charge is 2.37. The minimum absolute atomic E-state index is 0.0911. The van der Waals surface area contributed by atoms with Crippen molar-refractivity contribution in [2.24, 2.45) is 0 Å². The van der Waals surface area contributed by atoms with Crippen LogP contribution < -0.4 is 4.90 Å². The molecule has 0 aliphatic carbocycles. The maximum atomic E-state index is 12.7. The summed E-state index contributed by atoms with van der Waals surface area (Å²) in [5, 5.41) is 6.81. The molecule has 3 heterocycles. The van der Waals surface area contributed by atoms with Crippen LogP contribution in [-0.2, 0) is 6.18 Å². The fraction of sp³-hybridized carbons (Fsp3) is 0.500. The van der Waals surface area contributed by atoms with Gasteiger partial charge in [0, 0.05) is 18.8 Å². The van der Waals surface area contributed by atoms with Gasteiger partial charge in [-0.1, -0.05) is 0 Å². The number of alkyl halides is 3. The largest absolute Gasteiger partial charge is 0.433 e. The van der Waals surface area contributed by atoms with Crippen LogP contribution in [0, 0.1) is 13.8 Å². The molecule has 1 saturated heterocycles. The molecule has 0 unspecified atom stereocenters. The van der Waals surface area contributed by atoms with Crippen molar-refractivity contribution in [3.05, 3.63) is 29.1 Å². The standard InChI is InChI=1S/C12H13F3N6/c1-6-3-9(12(13,14)15)18-11(16-6)21-4-8(5-21)10-17-7(2)19-20-10/h3,8H,4-5H2,1-2H3,(H,17,19,20). The maximum Gasteiger partial charge on any atom is 0.433 e. The Bertz CT molecular complexity index is 659. The molecule has 112 valence electrons. The minimum atomic E-state index is -4.46. The molecule has 2 aromatic rings. The van der Waals surface area contributed by atoms with E-state index < -0.39 is 11.9 Å². The molecule has 1 aliphatic heterocycles. The van der Waals surface area contributed by atoms with E-state index in [2.05, 4.69) is 25.1 Å². The van der Waals surface area contributed by atoms with Crippen molar-refractivity contribution in [2.45, 2.75) is 25.9 Å². The lowest BCUT2D eigenvalue weighted by molar-refractivity contribution is -0.141. The first kappa shape index (κ1) is 13.8. The Morgan fingerprint density at radius 3 is 2.48 bits per heavy atom. The predicted octanol–water partition coefficient (Wildman–Crippen LogP) is 1.83. The quantitative estimate of drug-likeness (QED) is 0.916. The SMILES string of the molecule is Cc1cc(C(F)(F)F)nc(N2CC(c3n[nH]c(C)n3)C2)n1. The van der Waals surface area contributed by atoms with Crippen LogP contribution in [0.25, 0.3) is 0 Å². The first-order valence-electron chi connectivity index (χ1n) is 6.39. The van der Waals surface area contributed by atoms with Crippen LogP contribution in [0.2, 0.25) is 0 Å². The van der Waals surface area contributed by atoms with Gasteiger partial charge in [-0.05, 0) is 19.9 Å². The van der Waals surface area contributed by atoms with Gasteiger partial charge in [-0.15, -0.1) is 0 Å². The number of rotatable bonds is 2. The molecule has 0 spiro atoms. The van der Waals surface area contributed by atoms with E-state index >= 15 is 0 Å². The normalized spacial score (nSPS) is 16.1. The van der Waals surface area contributed by atoms with Crippen molar-refractivity contribution in [1.29, 1.82) is 0 Å². The summed E-state index contributed by atoms with van der Waals surface area (Å²) in [6.45, 7) is 4.35. The Kier molecular flexibility index (Phi) is 3.07. The Labute approximate surface area is 118 Å². The van der Waals surface area contributed by atoms with E-state index in [-0.39, 0.29) is 11.9 Å². The van der Waals surface area contributed by atoms with Crippen LogP contribution in [0.1, 0.15) is 29.0 Å². The van der Waals surface area contributed by atoms with Crippen molar-refractivity contribution in [3.8, 4) is 0 Å². The van der Waals surface area contributed by atoms with E-state index in [0.717, 1.165) is 11.9 Å². The molecule has 0 bridgehead atoms. The molecule has 0 saturated carbocycles. The first-order valence-corrected chi connectivity index (χ1v) is 6.39. The number of hydrogen-bond donors (Lipinski definition) is 1. The number of anilines is 1. The van der Waals surface area contributed by atoms with Crippen molar-refractivity contribution < 1.29 is 13.2 Å². The number of H-pyrrole nitrogens is 1. The van der Waals surface area contributed by atoms with Crippen LogP contribution in [0.4, 0.5) is 19.1 Å². The van der Waals surface area contributed by atoms with Crippen molar-refractivity contribution in [2.75, 3.05) is 18.0 Å². The third-order valence-electron chi connectivity index (χ3n) is 3.28. The zero-order chi connectivity index (χ0) is 15.2. The summed E-state index contributed by atoms with van der Waals surface area (Å²) in [4.78, 5) is 13.6. The molecule has 1 aliphatic rings. The number of aromatic nitrogens is 5. The zero-order valence-electron chi connectivity index (χ0n) is 11.4. The van der Waals surface area contributed by atoms with Crippen molar-refractivity contribution in [1.82, 2.24) is 25.1 Å². The Hall–Kier alpha value is -2.19. The first-order chi connectivity index (χ1) is 9.83. The number of nitrogens with one attached hydrogen (secondary N) is 1. The number of aryl methyl sites for hydroxylation is 2. The van der Waals surface area contributed by atoms with Crippen LogP contribution in [0.5, 0.6) is 0 Å². The summed E-state index contributed by atoms with van der Waals surface area (Å²) in [5.41, 5.74) is -0.619. The topological polar surface area (TPSA) is 70.6 Å². The third kappa shape index (κ3) is 2.67. The fourth-order valence-electron chi connectivity index (χ4n) is 2.19. The van der Waals surface area contributed by atoms with Crippen molar-refractivity contribution >= 4 is 5.95 Å². The summed E-state index contributed by atoms with van der Waals surface area (Å²) in [5.74, 6) is 1.58. The molecule has 3 rings (SSSR count). The second-order valence-corrected chi connectivity index (χ2v) is 5.07. The van der Waals surface area contributed by atoms with Gasteiger partial charge in [0.15, 0.2) is 5.82 Å². The lowest BCUT2D eigenvalue weighted by Crippen LogP contribution is -2.46. The highest BCUT2D eigenvalue weighted by Crippen LogP contribution is 2.32. The minimum Gasteiger partial charge on any atom is -0.339 e. The second kappa shape index (κ2) is 4.68. The van der Waals surface area contributed by atoms with Gasteiger partial charge in [-0.3, -0.25) is 5.10 Å². The molecule has 6 nitrogen and oxygen atoms in total. The summed E-state index contributed by atoms with van der Waals surface area (Å²) in [7, 11) is 0. The van der Waals surface area contributed by atoms with Gasteiger partial charge in [-0.2, -0.15) is 18.3 Å². The number of aromatic amines is 1. The fourth-order valence-corrected chi connectivity index (χ4v) is 2.19. The number of hydrogen-bond acceptors (Lipinski definition) is 5. The molecule has 0 aromatic carbocycles. The Morgan fingerprint density at radius 2 is 1.90 bits per heavy atom. The Morgan fingerprint density at radius 1 is 1.19 bits per heavy atom. The lowest BCUT2D eigenvalue weighted by atomic mass is 10.0. The van der Waals surface area contributed by atoms with Crippen LogP contribution >= 0.6 is 0 Å². The second-order valence-electron chi connectivity index (χ2n) is 5.07. The van der Waals surface area contributed by atoms with Crippen LogP contribution in [-0.4, -0.2) is 38.2 Å². The lowest BCUT2D eigenvalue weighted by Gasteiger charge is -2.37. The molecule has 0 amide bonds. The van der Waals surface area contributed by atoms with Crippen LogP contribution in [0.3, 0.4) is 0 Å². The molecule has 21 heavy (non-hydrogen) atoms. The highest BCUT2D eigenvalue weighted by molar-refractivity contribution is 5.39. The summed E-state index contributed by atoms with van der Waals surface area (Å²) < 4.78 is 38.2. The summed E-state index contributed by atoms with van der Waals surface area (Å²) in [6.07, 6.45) is -4.46. The van der Waals surface area contributed by atoms with Gasteiger partial charge < -0.3 is 4.90 Å². The molecular weight excluding hydrogens is 285 g/mol. The summed E-state index contributed by atoms with van der Waals surface area (Å²) >= 11 is 0. The maximum absolute atomic E-state index is 12.7. The molecule has 1 N–H and O–H groups in total. The molecular formula is C12H13F3N6. The van der Waals surface area contributed by atoms with E-state index in [4.69, 9.17) is 0 Å². The van der Waals surface area contributed by atoms with E-state index in [1.807, 2.05) is 0 Å². The molecule has 9 heteroatoms.